The first-order valence-electron chi connectivity index (χ1n) is 9.05. The molecule has 1 heterocycles. The van der Waals surface area contributed by atoms with Gasteiger partial charge in [0.1, 0.15) is 11.9 Å². The standard InChI is InChI=1S/C19H28FN3O3/c1-4-14(2)18(19(25)26-3)21-17(24)13-22-9-11-23(12-10-22)16-8-6-5-7-15(16)20/h5-8,14,18H,4,9-13H2,1-3H3,(H,21,24). The number of nitrogens with one attached hydrogen (secondary N) is 1. The second kappa shape index (κ2) is 9.52. The lowest BCUT2D eigenvalue weighted by atomic mass is 9.99. The van der Waals surface area contributed by atoms with E-state index in [0.29, 0.717) is 31.9 Å². The van der Waals surface area contributed by atoms with Crippen LogP contribution in [0.5, 0.6) is 0 Å². The molecule has 0 bridgehead atoms. The van der Waals surface area contributed by atoms with E-state index in [0.717, 1.165) is 6.42 Å². The molecule has 144 valence electrons. The molecule has 2 unspecified atom stereocenters. The Balaban J connectivity index is 1.85. The van der Waals surface area contributed by atoms with Gasteiger partial charge in [-0.3, -0.25) is 9.69 Å². The van der Waals surface area contributed by atoms with Crippen LogP contribution in [0.1, 0.15) is 20.3 Å². The topological polar surface area (TPSA) is 61.9 Å². The van der Waals surface area contributed by atoms with E-state index in [1.807, 2.05) is 29.7 Å². The number of ether oxygens (including phenoxy) is 1. The minimum absolute atomic E-state index is 0.00398. The highest BCUT2D eigenvalue weighted by Crippen LogP contribution is 2.20. The van der Waals surface area contributed by atoms with E-state index in [2.05, 4.69) is 5.32 Å². The third kappa shape index (κ3) is 5.17. The van der Waals surface area contributed by atoms with E-state index in [-0.39, 0.29) is 24.2 Å². The number of para-hydroxylation sites is 1. The molecule has 26 heavy (non-hydrogen) atoms. The number of amides is 1. The first kappa shape index (κ1) is 20.2. The zero-order valence-corrected chi connectivity index (χ0v) is 15.7. The third-order valence-electron chi connectivity index (χ3n) is 4.92. The van der Waals surface area contributed by atoms with Crippen LogP contribution in [0.15, 0.2) is 24.3 Å². The van der Waals surface area contributed by atoms with Crippen molar-refractivity contribution >= 4 is 17.6 Å². The van der Waals surface area contributed by atoms with Crippen LogP contribution in [0.2, 0.25) is 0 Å². The molecule has 0 aromatic heterocycles. The van der Waals surface area contributed by atoms with Crippen molar-refractivity contribution in [1.82, 2.24) is 10.2 Å². The summed E-state index contributed by atoms with van der Waals surface area (Å²) in [6.45, 7) is 6.72. The maximum atomic E-state index is 13.9. The van der Waals surface area contributed by atoms with E-state index >= 15 is 0 Å². The number of hydrogen-bond acceptors (Lipinski definition) is 5. The number of hydrogen-bond donors (Lipinski definition) is 1. The molecule has 0 spiro atoms. The number of rotatable bonds is 7. The number of carbonyl (C=O) groups excluding carboxylic acids is 2. The van der Waals surface area contributed by atoms with Crippen molar-refractivity contribution in [3.63, 3.8) is 0 Å². The number of anilines is 1. The minimum Gasteiger partial charge on any atom is -0.467 e. The molecule has 0 aliphatic carbocycles. The highest BCUT2D eigenvalue weighted by molar-refractivity contribution is 5.85. The number of nitrogens with zero attached hydrogens (tertiary/aromatic N) is 2. The van der Waals surface area contributed by atoms with E-state index in [4.69, 9.17) is 4.74 Å². The fourth-order valence-electron chi connectivity index (χ4n) is 3.07. The van der Waals surface area contributed by atoms with Crippen LogP contribution in [0.4, 0.5) is 10.1 Å². The summed E-state index contributed by atoms with van der Waals surface area (Å²) in [6, 6.07) is 6.09. The summed E-state index contributed by atoms with van der Waals surface area (Å²) in [5.74, 6) is -0.838. The van der Waals surface area contributed by atoms with Crippen LogP contribution in [0, 0.1) is 11.7 Å². The number of carbonyl (C=O) groups is 2. The van der Waals surface area contributed by atoms with Gasteiger partial charge in [-0.05, 0) is 18.1 Å². The van der Waals surface area contributed by atoms with E-state index in [1.165, 1.54) is 13.2 Å². The summed E-state index contributed by atoms with van der Waals surface area (Å²) in [7, 11) is 1.33. The van der Waals surface area contributed by atoms with E-state index in [9.17, 15) is 14.0 Å². The van der Waals surface area contributed by atoms with Crippen molar-refractivity contribution in [3.8, 4) is 0 Å². The average molecular weight is 365 g/mol. The van der Waals surface area contributed by atoms with Crippen molar-refractivity contribution in [1.29, 1.82) is 0 Å². The molecule has 1 aromatic rings. The lowest BCUT2D eigenvalue weighted by Crippen LogP contribution is -2.52. The maximum Gasteiger partial charge on any atom is 0.328 e. The number of esters is 1. The molecule has 6 nitrogen and oxygen atoms in total. The van der Waals surface area contributed by atoms with Gasteiger partial charge in [-0.2, -0.15) is 0 Å². The normalized spacial score (nSPS) is 17.5. The van der Waals surface area contributed by atoms with Gasteiger partial charge in [0.15, 0.2) is 0 Å². The van der Waals surface area contributed by atoms with Crippen LogP contribution in [0.3, 0.4) is 0 Å². The third-order valence-corrected chi connectivity index (χ3v) is 4.92. The van der Waals surface area contributed by atoms with Crippen molar-refractivity contribution < 1.29 is 18.7 Å². The molecule has 7 heteroatoms. The zero-order chi connectivity index (χ0) is 19.1. The van der Waals surface area contributed by atoms with Gasteiger partial charge in [0.2, 0.25) is 5.91 Å². The van der Waals surface area contributed by atoms with Crippen molar-refractivity contribution in [2.24, 2.45) is 5.92 Å². The van der Waals surface area contributed by atoms with Gasteiger partial charge in [0, 0.05) is 26.2 Å². The van der Waals surface area contributed by atoms with Gasteiger partial charge in [-0.25, -0.2) is 9.18 Å². The zero-order valence-electron chi connectivity index (χ0n) is 15.7. The SMILES string of the molecule is CCC(C)C(NC(=O)CN1CCN(c2ccccc2F)CC1)C(=O)OC. The molecule has 2 atom stereocenters. The van der Waals surface area contributed by atoms with E-state index < -0.39 is 12.0 Å². The molecular formula is C19H28FN3O3. The molecule has 1 aliphatic heterocycles. The van der Waals surface area contributed by atoms with E-state index in [1.54, 1.807) is 12.1 Å². The van der Waals surface area contributed by atoms with Crippen LogP contribution in [0.25, 0.3) is 0 Å². The second-order valence-electron chi connectivity index (χ2n) is 6.67. The first-order valence-corrected chi connectivity index (χ1v) is 9.05. The fraction of sp³-hybridized carbons (Fsp3) is 0.579. The van der Waals surface area contributed by atoms with Crippen LogP contribution >= 0.6 is 0 Å². The minimum atomic E-state index is -0.628. The van der Waals surface area contributed by atoms with Crippen molar-refractivity contribution in [3.05, 3.63) is 30.1 Å². The molecule has 1 amide bonds. The molecule has 2 rings (SSSR count). The monoisotopic (exact) mass is 365 g/mol. The molecule has 1 N–H and O–H groups in total. The van der Waals surface area contributed by atoms with Gasteiger partial charge >= 0.3 is 5.97 Å². The number of piperazine rings is 1. The van der Waals surface area contributed by atoms with Crippen molar-refractivity contribution in [2.75, 3.05) is 44.7 Å². The Morgan fingerprint density at radius 3 is 2.46 bits per heavy atom. The lowest BCUT2D eigenvalue weighted by molar-refractivity contribution is -0.146. The summed E-state index contributed by atoms with van der Waals surface area (Å²) in [5, 5.41) is 2.79. The first-order chi connectivity index (χ1) is 12.5. The Bertz CT molecular complexity index is 618. The highest BCUT2D eigenvalue weighted by atomic mass is 19.1. The number of methoxy groups -OCH3 is 1. The van der Waals surface area contributed by atoms with Crippen LogP contribution < -0.4 is 10.2 Å². The molecule has 0 radical (unpaired) electrons. The molecular weight excluding hydrogens is 337 g/mol. The highest BCUT2D eigenvalue weighted by Gasteiger charge is 2.28. The molecule has 1 saturated heterocycles. The summed E-state index contributed by atoms with van der Waals surface area (Å²) in [6.07, 6.45) is 0.765. The predicted molar refractivity (Wildman–Crippen MR) is 98.5 cm³/mol. The Labute approximate surface area is 154 Å². The summed E-state index contributed by atoms with van der Waals surface area (Å²) in [5.41, 5.74) is 0.596. The van der Waals surface area contributed by atoms with Crippen LogP contribution in [-0.4, -0.2) is 62.7 Å². The van der Waals surface area contributed by atoms with Gasteiger partial charge in [-0.1, -0.05) is 32.4 Å². The van der Waals surface area contributed by atoms with Crippen molar-refractivity contribution in [2.45, 2.75) is 26.3 Å². The second-order valence-corrected chi connectivity index (χ2v) is 6.67. The smallest absolute Gasteiger partial charge is 0.328 e. The molecule has 1 fully saturated rings. The lowest BCUT2D eigenvalue weighted by Gasteiger charge is -2.36. The Morgan fingerprint density at radius 2 is 1.88 bits per heavy atom. The number of halogens is 1. The van der Waals surface area contributed by atoms with Gasteiger partial charge < -0.3 is 15.0 Å². The Morgan fingerprint density at radius 1 is 1.23 bits per heavy atom. The quantitative estimate of drug-likeness (QED) is 0.745. The molecule has 1 aromatic carbocycles. The van der Waals surface area contributed by atoms with Gasteiger partial charge in [0.25, 0.3) is 0 Å². The maximum absolute atomic E-state index is 13.9. The molecule has 1 aliphatic rings. The largest absolute Gasteiger partial charge is 0.467 e. The fourth-order valence-corrected chi connectivity index (χ4v) is 3.07. The summed E-state index contributed by atoms with van der Waals surface area (Å²) < 4.78 is 18.7. The summed E-state index contributed by atoms with van der Waals surface area (Å²) in [4.78, 5) is 28.2. The van der Waals surface area contributed by atoms with Gasteiger partial charge in [-0.15, -0.1) is 0 Å². The Kier molecular flexibility index (Phi) is 7.38. The number of benzene rings is 1. The van der Waals surface area contributed by atoms with Gasteiger partial charge in [0.05, 0.1) is 19.3 Å². The van der Waals surface area contributed by atoms with Crippen LogP contribution in [-0.2, 0) is 14.3 Å². The Hall–Kier alpha value is -2.15. The predicted octanol–water partition coefficient (Wildman–Crippen LogP) is 1.65. The summed E-state index contributed by atoms with van der Waals surface area (Å²) >= 11 is 0. The average Bonchev–Trinajstić information content (AvgIpc) is 2.66. The molecule has 0 saturated carbocycles.